The SMILES string of the molecule is Nc1cc(F)c(N2CCC[C@@H](c3ccccc3)C2)c(F)c1. The minimum atomic E-state index is -0.582. The molecule has 0 spiro atoms. The standard InChI is InChI=1S/C17H18F2N2/c18-15-9-14(20)10-16(19)17(15)21-8-4-7-13(11-21)12-5-2-1-3-6-12/h1-3,5-6,9-10,13H,4,7-8,11,20H2/t13-/m1/s1. The molecule has 0 amide bonds. The van der Waals surface area contributed by atoms with Crippen LogP contribution in [0.25, 0.3) is 0 Å². The van der Waals surface area contributed by atoms with E-state index in [9.17, 15) is 8.78 Å². The van der Waals surface area contributed by atoms with Crippen molar-refractivity contribution in [2.24, 2.45) is 0 Å². The van der Waals surface area contributed by atoms with E-state index in [1.165, 1.54) is 17.7 Å². The highest BCUT2D eigenvalue weighted by Crippen LogP contribution is 2.33. The van der Waals surface area contributed by atoms with Crippen molar-refractivity contribution in [2.45, 2.75) is 18.8 Å². The molecule has 0 aliphatic carbocycles. The van der Waals surface area contributed by atoms with Crippen LogP contribution in [0.4, 0.5) is 20.2 Å². The van der Waals surface area contributed by atoms with Gasteiger partial charge in [0.2, 0.25) is 0 Å². The van der Waals surface area contributed by atoms with Crippen molar-refractivity contribution in [3.63, 3.8) is 0 Å². The van der Waals surface area contributed by atoms with E-state index in [-0.39, 0.29) is 11.4 Å². The van der Waals surface area contributed by atoms with Gasteiger partial charge in [-0.3, -0.25) is 0 Å². The number of nitrogen functional groups attached to an aromatic ring is 1. The third-order valence-corrected chi connectivity index (χ3v) is 4.05. The molecule has 2 N–H and O–H groups in total. The Balaban J connectivity index is 1.87. The van der Waals surface area contributed by atoms with Gasteiger partial charge in [0.05, 0.1) is 0 Å². The quantitative estimate of drug-likeness (QED) is 0.848. The number of benzene rings is 2. The molecule has 1 aliphatic rings. The zero-order valence-corrected chi connectivity index (χ0v) is 11.7. The summed E-state index contributed by atoms with van der Waals surface area (Å²) < 4.78 is 28.1. The van der Waals surface area contributed by atoms with Crippen LogP contribution in [-0.4, -0.2) is 13.1 Å². The van der Waals surface area contributed by atoms with Gasteiger partial charge in [0.15, 0.2) is 11.6 Å². The Bertz CT molecular complexity index is 605. The van der Waals surface area contributed by atoms with Gasteiger partial charge in [-0.2, -0.15) is 0 Å². The lowest BCUT2D eigenvalue weighted by Gasteiger charge is -2.35. The van der Waals surface area contributed by atoms with Crippen molar-refractivity contribution in [1.29, 1.82) is 0 Å². The first-order valence-corrected chi connectivity index (χ1v) is 7.19. The Hall–Kier alpha value is -2.10. The molecule has 110 valence electrons. The predicted molar refractivity (Wildman–Crippen MR) is 81.4 cm³/mol. The average molecular weight is 288 g/mol. The van der Waals surface area contributed by atoms with Gasteiger partial charge in [-0.1, -0.05) is 30.3 Å². The summed E-state index contributed by atoms with van der Waals surface area (Å²) in [4.78, 5) is 1.80. The van der Waals surface area contributed by atoms with Crippen LogP contribution >= 0.6 is 0 Å². The van der Waals surface area contributed by atoms with E-state index in [0.717, 1.165) is 12.8 Å². The number of halogens is 2. The van der Waals surface area contributed by atoms with Crippen molar-refractivity contribution in [3.8, 4) is 0 Å². The van der Waals surface area contributed by atoms with Gasteiger partial charge < -0.3 is 10.6 Å². The Labute approximate surface area is 123 Å². The van der Waals surface area contributed by atoms with Crippen LogP contribution in [-0.2, 0) is 0 Å². The summed E-state index contributed by atoms with van der Waals surface area (Å²) in [6.07, 6.45) is 1.96. The zero-order chi connectivity index (χ0) is 14.8. The largest absolute Gasteiger partial charge is 0.399 e. The van der Waals surface area contributed by atoms with E-state index >= 15 is 0 Å². The fraction of sp³-hybridized carbons (Fsp3) is 0.294. The van der Waals surface area contributed by atoms with Crippen LogP contribution < -0.4 is 10.6 Å². The highest BCUT2D eigenvalue weighted by Gasteiger charge is 2.25. The van der Waals surface area contributed by atoms with Gasteiger partial charge in [0.25, 0.3) is 0 Å². The summed E-state index contributed by atoms with van der Waals surface area (Å²) in [7, 11) is 0. The van der Waals surface area contributed by atoms with Gasteiger partial charge in [0, 0.05) is 24.7 Å². The Morgan fingerprint density at radius 2 is 1.71 bits per heavy atom. The summed E-state index contributed by atoms with van der Waals surface area (Å²) in [6.45, 7) is 1.29. The van der Waals surface area contributed by atoms with Crippen LogP contribution in [0.1, 0.15) is 24.3 Å². The molecule has 1 fully saturated rings. The van der Waals surface area contributed by atoms with Crippen LogP contribution in [0.15, 0.2) is 42.5 Å². The normalized spacial score (nSPS) is 18.8. The number of rotatable bonds is 2. The maximum absolute atomic E-state index is 14.1. The van der Waals surface area contributed by atoms with Crippen LogP contribution in [0.2, 0.25) is 0 Å². The monoisotopic (exact) mass is 288 g/mol. The third kappa shape index (κ3) is 2.84. The molecular formula is C17H18F2N2. The van der Waals surface area contributed by atoms with Gasteiger partial charge in [-0.05, 0) is 30.5 Å². The number of piperidine rings is 1. The maximum Gasteiger partial charge on any atom is 0.151 e. The molecule has 0 unspecified atom stereocenters. The predicted octanol–water partition coefficient (Wildman–Crippen LogP) is 3.93. The number of nitrogens with zero attached hydrogens (tertiary/aromatic N) is 1. The maximum atomic E-state index is 14.1. The van der Waals surface area contributed by atoms with Gasteiger partial charge in [-0.25, -0.2) is 8.78 Å². The summed E-state index contributed by atoms with van der Waals surface area (Å²) in [6, 6.07) is 12.5. The van der Waals surface area contributed by atoms with E-state index in [1.54, 1.807) is 4.90 Å². The molecule has 2 aromatic rings. The van der Waals surface area contributed by atoms with Crippen molar-refractivity contribution in [1.82, 2.24) is 0 Å². The lowest BCUT2D eigenvalue weighted by molar-refractivity contribution is 0.489. The number of nitrogens with two attached hydrogens (primary N) is 1. The fourth-order valence-electron chi connectivity index (χ4n) is 3.06. The summed E-state index contributed by atoms with van der Waals surface area (Å²) in [5.74, 6) is -0.862. The molecule has 21 heavy (non-hydrogen) atoms. The summed E-state index contributed by atoms with van der Waals surface area (Å²) in [5, 5.41) is 0. The highest BCUT2D eigenvalue weighted by molar-refractivity contribution is 5.56. The third-order valence-electron chi connectivity index (χ3n) is 4.05. The smallest absolute Gasteiger partial charge is 0.151 e. The van der Waals surface area contributed by atoms with E-state index in [2.05, 4.69) is 12.1 Å². The lowest BCUT2D eigenvalue weighted by atomic mass is 9.90. The Morgan fingerprint density at radius 3 is 2.38 bits per heavy atom. The molecule has 2 nitrogen and oxygen atoms in total. The van der Waals surface area contributed by atoms with E-state index in [0.29, 0.717) is 19.0 Å². The topological polar surface area (TPSA) is 29.3 Å². The molecule has 4 heteroatoms. The molecule has 1 heterocycles. The second kappa shape index (κ2) is 5.72. The molecule has 0 bridgehead atoms. The van der Waals surface area contributed by atoms with Gasteiger partial charge >= 0.3 is 0 Å². The second-order valence-corrected chi connectivity index (χ2v) is 5.53. The van der Waals surface area contributed by atoms with Crippen molar-refractivity contribution in [2.75, 3.05) is 23.7 Å². The molecule has 2 aromatic carbocycles. The van der Waals surface area contributed by atoms with Crippen molar-refractivity contribution in [3.05, 3.63) is 59.7 Å². The van der Waals surface area contributed by atoms with Crippen molar-refractivity contribution >= 4 is 11.4 Å². The molecule has 1 saturated heterocycles. The minimum Gasteiger partial charge on any atom is -0.399 e. The number of anilines is 2. The second-order valence-electron chi connectivity index (χ2n) is 5.53. The first-order chi connectivity index (χ1) is 10.1. The molecule has 1 aliphatic heterocycles. The Morgan fingerprint density at radius 1 is 1.05 bits per heavy atom. The van der Waals surface area contributed by atoms with Crippen molar-refractivity contribution < 1.29 is 8.78 Å². The van der Waals surface area contributed by atoms with E-state index in [1.807, 2.05) is 18.2 Å². The summed E-state index contributed by atoms with van der Waals surface area (Å²) in [5.41, 5.74) is 6.86. The van der Waals surface area contributed by atoms with Crippen LogP contribution in [0.5, 0.6) is 0 Å². The number of hydrogen-bond acceptors (Lipinski definition) is 2. The average Bonchev–Trinajstić information content (AvgIpc) is 2.47. The Kier molecular flexibility index (Phi) is 3.78. The minimum absolute atomic E-state index is 0.0461. The first kappa shape index (κ1) is 13.9. The van der Waals surface area contributed by atoms with Crippen LogP contribution in [0.3, 0.4) is 0 Å². The molecule has 1 atom stereocenters. The van der Waals surface area contributed by atoms with Gasteiger partial charge in [-0.15, -0.1) is 0 Å². The molecule has 0 aromatic heterocycles. The molecule has 0 saturated carbocycles. The van der Waals surface area contributed by atoms with E-state index < -0.39 is 11.6 Å². The highest BCUT2D eigenvalue weighted by atomic mass is 19.1. The van der Waals surface area contributed by atoms with E-state index in [4.69, 9.17) is 5.73 Å². The zero-order valence-electron chi connectivity index (χ0n) is 11.7. The number of hydrogen-bond donors (Lipinski definition) is 1. The van der Waals surface area contributed by atoms with Gasteiger partial charge in [0.1, 0.15) is 5.69 Å². The van der Waals surface area contributed by atoms with Crippen LogP contribution in [0, 0.1) is 11.6 Å². The molecular weight excluding hydrogens is 270 g/mol. The first-order valence-electron chi connectivity index (χ1n) is 7.19. The summed E-state index contributed by atoms with van der Waals surface area (Å²) >= 11 is 0. The molecule has 3 rings (SSSR count). The molecule has 0 radical (unpaired) electrons. The lowest BCUT2D eigenvalue weighted by Crippen LogP contribution is -2.35. The fourth-order valence-corrected chi connectivity index (χ4v) is 3.06.